The highest BCUT2D eigenvalue weighted by atomic mass is 16.5. The van der Waals surface area contributed by atoms with Gasteiger partial charge in [0.05, 0.1) is 6.61 Å². The van der Waals surface area contributed by atoms with Crippen LogP contribution in [0.2, 0.25) is 0 Å². The predicted octanol–water partition coefficient (Wildman–Crippen LogP) is 6.50. The predicted molar refractivity (Wildman–Crippen MR) is 93.2 cm³/mol. The molecule has 0 aromatic heterocycles. The first-order chi connectivity index (χ1) is 10.0. The smallest absolute Gasteiger partial charge is 0.119 e. The van der Waals surface area contributed by atoms with Gasteiger partial charge in [-0.3, -0.25) is 0 Å². The van der Waals surface area contributed by atoms with Gasteiger partial charge in [-0.05, 0) is 29.5 Å². The Labute approximate surface area is 132 Å². The van der Waals surface area contributed by atoms with Crippen LogP contribution in [0.5, 0.6) is 5.75 Å². The molecule has 0 amide bonds. The average molecular weight is 290 g/mol. The lowest BCUT2D eigenvalue weighted by Gasteiger charge is -2.19. The monoisotopic (exact) mass is 290 g/mol. The van der Waals surface area contributed by atoms with Crippen molar-refractivity contribution in [2.45, 2.75) is 84.5 Å². The minimum atomic E-state index is 0.219. The molecule has 1 rings (SSSR count). The molecule has 120 valence electrons. The van der Waals surface area contributed by atoms with Crippen molar-refractivity contribution in [1.29, 1.82) is 0 Å². The van der Waals surface area contributed by atoms with Gasteiger partial charge in [0.2, 0.25) is 0 Å². The van der Waals surface area contributed by atoms with Gasteiger partial charge < -0.3 is 4.74 Å². The van der Waals surface area contributed by atoms with E-state index >= 15 is 0 Å². The van der Waals surface area contributed by atoms with E-state index in [9.17, 15) is 0 Å². The molecule has 1 nitrogen and oxygen atoms in total. The molecule has 0 aliphatic heterocycles. The summed E-state index contributed by atoms with van der Waals surface area (Å²) < 4.78 is 5.82. The summed E-state index contributed by atoms with van der Waals surface area (Å²) in [7, 11) is 0. The number of hydrogen-bond acceptors (Lipinski definition) is 1. The SMILES string of the molecule is CCCCCCCCCCOc1ccc(C(C)(C)C)cc1. The maximum atomic E-state index is 5.82. The normalized spacial score (nSPS) is 11.6. The van der Waals surface area contributed by atoms with Gasteiger partial charge in [0.15, 0.2) is 0 Å². The topological polar surface area (TPSA) is 9.23 Å². The first-order valence-electron chi connectivity index (χ1n) is 8.77. The van der Waals surface area contributed by atoms with Crippen LogP contribution in [-0.4, -0.2) is 6.61 Å². The molecule has 0 aliphatic carbocycles. The van der Waals surface area contributed by atoms with Gasteiger partial charge in [-0.1, -0.05) is 84.8 Å². The standard InChI is InChI=1S/C20H34O/c1-5-6-7-8-9-10-11-12-17-21-19-15-13-18(14-16-19)20(2,3)4/h13-16H,5-12,17H2,1-4H3. The highest BCUT2D eigenvalue weighted by Crippen LogP contribution is 2.24. The average Bonchev–Trinajstić information content (AvgIpc) is 2.45. The molecule has 1 aromatic rings. The Morgan fingerprint density at radius 2 is 1.29 bits per heavy atom. The van der Waals surface area contributed by atoms with Gasteiger partial charge >= 0.3 is 0 Å². The van der Waals surface area contributed by atoms with Crippen molar-refractivity contribution in [1.82, 2.24) is 0 Å². The molecule has 0 unspecified atom stereocenters. The fourth-order valence-electron chi connectivity index (χ4n) is 2.48. The zero-order valence-corrected chi connectivity index (χ0v) is 14.6. The molecular formula is C20H34O. The lowest BCUT2D eigenvalue weighted by Crippen LogP contribution is -2.10. The summed E-state index contributed by atoms with van der Waals surface area (Å²) in [5, 5.41) is 0. The van der Waals surface area contributed by atoms with Crippen LogP contribution in [0.3, 0.4) is 0 Å². The van der Waals surface area contributed by atoms with E-state index in [2.05, 4.69) is 52.0 Å². The van der Waals surface area contributed by atoms with Crippen molar-refractivity contribution in [2.24, 2.45) is 0 Å². The molecule has 0 spiro atoms. The number of hydrogen-bond donors (Lipinski definition) is 0. The maximum Gasteiger partial charge on any atom is 0.119 e. The molecule has 0 saturated heterocycles. The van der Waals surface area contributed by atoms with Crippen LogP contribution in [0.1, 0.15) is 84.6 Å². The zero-order valence-electron chi connectivity index (χ0n) is 14.6. The number of unbranched alkanes of at least 4 members (excludes halogenated alkanes) is 7. The van der Waals surface area contributed by atoms with E-state index in [1.807, 2.05) is 0 Å². The molecule has 0 bridgehead atoms. The van der Waals surface area contributed by atoms with Gasteiger partial charge in [-0.25, -0.2) is 0 Å². The molecule has 1 heteroatoms. The van der Waals surface area contributed by atoms with Gasteiger partial charge in [0.25, 0.3) is 0 Å². The Morgan fingerprint density at radius 3 is 1.81 bits per heavy atom. The largest absolute Gasteiger partial charge is 0.494 e. The number of benzene rings is 1. The van der Waals surface area contributed by atoms with Crippen LogP contribution >= 0.6 is 0 Å². The molecule has 0 aliphatic rings. The fourth-order valence-corrected chi connectivity index (χ4v) is 2.48. The van der Waals surface area contributed by atoms with E-state index < -0.39 is 0 Å². The lowest BCUT2D eigenvalue weighted by molar-refractivity contribution is 0.304. The summed E-state index contributed by atoms with van der Waals surface area (Å²) in [6.07, 6.45) is 10.8. The molecular weight excluding hydrogens is 256 g/mol. The second-order valence-electron chi connectivity index (χ2n) is 7.10. The highest BCUT2D eigenvalue weighted by molar-refractivity contribution is 5.31. The lowest BCUT2D eigenvalue weighted by atomic mass is 9.87. The minimum Gasteiger partial charge on any atom is -0.494 e. The van der Waals surface area contributed by atoms with Gasteiger partial charge in [0, 0.05) is 0 Å². The van der Waals surface area contributed by atoms with E-state index in [0.29, 0.717) is 0 Å². The zero-order chi connectivity index (χ0) is 15.6. The number of rotatable bonds is 10. The van der Waals surface area contributed by atoms with Gasteiger partial charge in [-0.15, -0.1) is 0 Å². The summed E-state index contributed by atoms with van der Waals surface area (Å²) in [6.45, 7) is 9.84. The second-order valence-corrected chi connectivity index (χ2v) is 7.10. The van der Waals surface area contributed by atoms with E-state index in [1.54, 1.807) is 0 Å². The highest BCUT2D eigenvalue weighted by Gasteiger charge is 2.12. The Bertz CT molecular complexity index is 358. The Balaban J connectivity index is 2.08. The van der Waals surface area contributed by atoms with Crippen LogP contribution in [0.15, 0.2) is 24.3 Å². The van der Waals surface area contributed by atoms with Crippen LogP contribution in [0.4, 0.5) is 0 Å². The molecule has 0 radical (unpaired) electrons. The van der Waals surface area contributed by atoms with Crippen molar-refractivity contribution >= 4 is 0 Å². The molecule has 0 N–H and O–H groups in total. The van der Waals surface area contributed by atoms with E-state index in [4.69, 9.17) is 4.74 Å². The molecule has 0 fully saturated rings. The van der Waals surface area contributed by atoms with E-state index in [1.165, 1.54) is 56.9 Å². The maximum absolute atomic E-state index is 5.82. The third-order valence-corrected chi connectivity index (χ3v) is 3.99. The summed E-state index contributed by atoms with van der Waals surface area (Å²) in [6, 6.07) is 8.57. The van der Waals surface area contributed by atoms with Gasteiger partial charge in [-0.2, -0.15) is 0 Å². The van der Waals surface area contributed by atoms with Crippen LogP contribution in [-0.2, 0) is 5.41 Å². The number of ether oxygens (including phenoxy) is 1. The quantitative estimate of drug-likeness (QED) is 0.447. The molecule has 0 heterocycles. The van der Waals surface area contributed by atoms with Crippen molar-refractivity contribution in [3.05, 3.63) is 29.8 Å². The van der Waals surface area contributed by atoms with Crippen LogP contribution in [0.25, 0.3) is 0 Å². The van der Waals surface area contributed by atoms with Crippen LogP contribution < -0.4 is 4.74 Å². The van der Waals surface area contributed by atoms with Crippen molar-refractivity contribution < 1.29 is 4.74 Å². The molecule has 1 aromatic carbocycles. The summed E-state index contributed by atoms with van der Waals surface area (Å²) in [5.74, 6) is 1.01. The fraction of sp³-hybridized carbons (Fsp3) is 0.700. The molecule has 0 saturated carbocycles. The second kappa shape index (κ2) is 9.87. The third-order valence-electron chi connectivity index (χ3n) is 3.99. The first kappa shape index (κ1) is 18.1. The van der Waals surface area contributed by atoms with E-state index in [-0.39, 0.29) is 5.41 Å². The van der Waals surface area contributed by atoms with Crippen LogP contribution in [0, 0.1) is 0 Å². The van der Waals surface area contributed by atoms with Crippen molar-refractivity contribution in [3.8, 4) is 5.75 Å². The minimum absolute atomic E-state index is 0.219. The van der Waals surface area contributed by atoms with E-state index in [0.717, 1.165) is 12.4 Å². The molecule has 0 atom stereocenters. The van der Waals surface area contributed by atoms with Gasteiger partial charge in [0.1, 0.15) is 5.75 Å². The summed E-state index contributed by atoms with van der Waals surface area (Å²) in [5.41, 5.74) is 1.58. The first-order valence-corrected chi connectivity index (χ1v) is 8.77. The molecule has 21 heavy (non-hydrogen) atoms. The Kier molecular flexibility index (Phi) is 8.49. The summed E-state index contributed by atoms with van der Waals surface area (Å²) in [4.78, 5) is 0. The van der Waals surface area contributed by atoms with Crippen molar-refractivity contribution in [3.63, 3.8) is 0 Å². The Hall–Kier alpha value is -0.980. The Morgan fingerprint density at radius 1 is 0.762 bits per heavy atom. The summed E-state index contributed by atoms with van der Waals surface area (Å²) >= 11 is 0. The third kappa shape index (κ3) is 8.14. The van der Waals surface area contributed by atoms with Crippen molar-refractivity contribution in [2.75, 3.05) is 6.61 Å².